The van der Waals surface area contributed by atoms with Gasteiger partial charge in [0.15, 0.2) is 5.78 Å². The van der Waals surface area contributed by atoms with Crippen LogP contribution in [0.2, 0.25) is 5.02 Å². The normalized spacial score (nSPS) is 21.2. The minimum atomic E-state index is -0.479. The SMILES string of the molecule is CCOC(=O)C1=C(C)NC2=C(C(=O)C[C@H](c3ccc(Cl)cc3)C2)[C@H]1c1cccnc1. The number of halogens is 1. The number of hydrogen-bond acceptors (Lipinski definition) is 5. The number of ketones is 1. The number of Topliss-reactive ketones (excluding diaryl/α,β-unsaturated/α-hetero) is 1. The molecule has 30 heavy (non-hydrogen) atoms. The van der Waals surface area contributed by atoms with Gasteiger partial charge in [-0.05, 0) is 55.5 Å². The lowest BCUT2D eigenvalue weighted by atomic mass is 9.72. The average molecular weight is 423 g/mol. The van der Waals surface area contributed by atoms with E-state index in [9.17, 15) is 9.59 Å². The van der Waals surface area contributed by atoms with Gasteiger partial charge in [-0.1, -0.05) is 29.8 Å². The Morgan fingerprint density at radius 3 is 2.63 bits per heavy atom. The van der Waals surface area contributed by atoms with Gasteiger partial charge in [-0.3, -0.25) is 9.78 Å². The van der Waals surface area contributed by atoms with E-state index in [0.29, 0.717) is 34.7 Å². The molecule has 0 saturated heterocycles. The number of nitrogens with one attached hydrogen (secondary N) is 1. The minimum Gasteiger partial charge on any atom is -0.463 e. The molecule has 1 aliphatic carbocycles. The van der Waals surface area contributed by atoms with Crippen molar-refractivity contribution in [1.29, 1.82) is 0 Å². The number of aromatic nitrogens is 1. The molecule has 1 aromatic heterocycles. The van der Waals surface area contributed by atoms with E-state index >= 15 is 0 Å². The second-order valence-corrected chi connectivity index (χ2v) is 8.01. The number of benzene rings is 1. The smallest absolute Gasteiger partial charge is 0.336 e. The van der Waals surface area contributed by atoms with E-state index < -0.39 is 11.9 Å². The van der Waals surface area contributed by atoms with Crippen molar-refractivity contribution in [3.63, 3.8) is 0 Å². The molecule has 0 radical (unpaired) electrons. The molecule has 1 N–H and O–H groups in total. The molecule has 0 unspecified atom stereocenters. The van der Waals surface area contributed by atoms with Gasteiger partial charge < -0.3 is 10.1 Å². The number of carbonyl (C=O) groups excluding carboxylic acids is 2. The summed E-state index contributed by atoms with van der Waals surface area (Å²) >= 11 is 6.02. The van der Waals surface area contributed by atoms with Crippen molar-refractivity contribution in [2.24, 2.45) is 0 Å². The molecule has 154 valence electrons. The number of dihydropyridines is 1. The van der Waals surface area contributed by atoms with Crippen LogP contribution >= 0.6 is 11.6 Å². The quantitative estimate of drug-likeness (QED) is 0.726. The molecule has 0 saturated carbocycles. The van der Waals surface area contributed by atoms with E-state index in [2.05, 4.69) is 10.3 Å². The van der Waals surface area contributed by atoms with Gasteiger partial charge in [0.1, 0.15) is 0 Å². The van der Waals surface area contributed by atoms with Gasteiger partial charge in [0.05, 0.1) is 12.2 Å². The fraction of sp³-hybridized carbons (Fsp3) is 0.292. The highest BCUT2D eigenvalue weighted by Crippen LogP contribution is 2.45. The Morgan fingerprint density at radius 1 is 1.20 bits per heavy atom. The summed E-state index contributed by atoms with van der Waals surface area (Å²) in [5.41, 5.74) is 4.59. The summed E-state index contributed by atoms with van der Waals surface area (Å²) in [6.07, 6.45) is 4.46. The summed E-state index contributed by atoms with van der Waals surface area (Å²) in [6.45, 7) is 3.90. The van der Waals surface area contributed by atoms with Gasteiger partial charge in [0.2, 0.25) is 0 Å². The molecule has 0 amide bonds. The molecule has 6 heteroatoms. The van der Waals surface area contributed by atoms with Crippen molar-refractivity contribution in [2.75, 3.05) is 6.61 Å². The fourth-order valence-corrected chi connectivity index (χ4v) is 4.50. The zero-order chi connectivity index (χ0) is 21.3. The monoisotopic (exact) mass is 422 g/mol. The minimum absolute atomic E-state index is 0.0341. The van der Waals surface area contributed by atoms with Crippen LogP contribution in [-0.2, 0) is 14.3 Å². The first-order valence-corrected chi connectivity index (χ1v) is 10.4. The number of allylic oxidation sites excluding steroid dienone is 3. The molecule has 5 nitrogen and oxygen atoms in total. The van der Waals surface area contributed by atoms with E-state index in [-0.39, 0.29) is 18.3 Å². The molecule has 2 aromatic rings. The van der Waals surface area contributed by atoms with E-state index in [1.54, 1.807) is 19.3 Å². The second-order valence-electron chi connectivity index (χ2n) is 7.58. The topological polar surface area (TPSA) is 68.3 Å². The predicted octanol–water partition coefficient (Wildman–Crippen LogP) is 4.66. The van der Waals surface area contributed by atoms with Gasteiger partial charge in [-0.2, -0.15) is 0 Å². The molecule has 1 aliphatic heterocycles. The largest absolute Gasteiger partial charge is 0.463 e. The number of hydrogen-bond donors (Lipinski definition) is 1. The van der Waals surface area contributed by atoms with E-state index in [0.717, 1.165) is 16.8 Å². The van der Waals surface area contributed by atoms with Crippen LogP contribution in [0, 0.1) is 0 Å². The van der Waals surface area contributed by atoms with Crippen LogP contribution in [0.3, 0.4) is 0 Å². The average Bonchev–Trinajstić information content (AvgIpc) is 2.74. The van der Waals surface area contributed by atoms with Crippen LogP contribution in [0.1, 0.15) is 49.7 Å². The number of pyridine rings is 1. The standard InChI is InChI=1S/C24H23ClN2O3/c1-3-30-24(29)21-14(2)27-19-11-17(15-6-8-18(25)9-7-15)12-20(28)23(19)22(21)16-5-4-10-26-13-16/h4-10,13,17,22,27H,3,11-12H2,1-2H3/t17-,22+/m1/s1. The van der Waals surface area contributed by atoms with Gasteiger partial charge in [0, 0.05) is 46.7 Å². The van der Waals surface area contributed by atoms with Crippen LogP contribution in [0.15, 0.2) is 71.3 Å². The fourth-order valence-electron chi connectivity index (χ4n) is 4.37. The zero-order valence-electron chi connectivity index (χ0n) is 16.9. The summed E-state index contributed by atoms with van der Waals surface area (Å²) in [4.78, 5) is 30.4. The predicted molar refractivity (Wildman–Crippen MR) is 115 cm³/mol. The Balaban J connectivity index is 1.77. The molecule has 0 bridgehead atoms. The summed E-state index contributed by atoms with van der Waals surface area (Å²) in [6, 6.07) is 11.4. The van der Waals surface area contributed by atoms with Crippen molar-refractivity contribution in [3.05, 3.63) is 87.5 Å². The Labute approximate surface area is 180 Å². The van der Waals surface area contributed by atoms with Crippen molar-refractivity contribution < 1.29 is 14.3 Å². The molecule has 2 aliphatic rings. The lowest BCUT2D eigenvalue weighted by Crippen LogP contribution is -2.36. The van der Waals surface area contributed by atoms with E-state index in [1.807, 2.05) is 43.3 Å². The summed E-state index contributed by atoms with van der Waals surface area (Å²) < 4.78 is 5.32. The van der Waals surface area contributed by atoms with Crippen molar-refractivity contribution >= 4 is 23.4 Å². The lowest BCUT2D eigenvalue weighted by Gasteiger charge is -2.36. The maximum Gasteiger partial charge on any atom is 0.336 e. The summed E-state index contributed by atoms with van der Waals surface area (Å²) in [7, 11) is 0. The van der Waals surface area contributed by atoms with Gasteiger partial charge in [0.25, 0.3) is 0 Å². The van der Waals surface area contributed by atoms with Gasteiger partial charge in [-0.15, -0.1) is 0 Å². The lowest BCUT2D eigenvalue weighted by molar-refractivity contribution is -0.138. The molecule has 0 fully saturated rings. The highest BCUT2D eigenvalue weighted by atomic mass is 35.5. The van der Waals surface area contributed by atoms with Crippen LogP contribution in [0.5, 0.6) is 0 Å². The highest BCUT2D eigenvalue weighted by Gasteiger charge is 2.41. The van der Waals surface area contributed by atoms with Crippen LogP contribution < -0.4 is 5.32 Å². The molecule has 4 rings (SSSR count). The van der Waals surface area contributed by atoms with Crippen molar-refractivity contribution in [2.45, 2.75) is 38.5 Å². The number of carbonyl (C=O) groups is 2. The second kappa shape index (κ2) is 8.44. The molecular weight excluding hydrogens is 400 g/mol. The summed E-state index contributed by atoms with van der Waals surface area (Å²) in [5, 5.41) is 4.01. The third-order valence-electron chi connectivity index (χ3n) is 5.68. The number of ether oxygens (including phenoxy) is 1. The first-order chi connectivity index (χ1) is 14.5. The first-order valence-electron chi connectivity index (χ1n) is 10.1. The van der Waals surface area contributed by atoms with Crippen molar-refractivity contribution in [1.82, 2.24) is 10.3 Å². The summed E-state index contributed by atoms with van der Waals surface area (Å²) in [5.74, 6) is -0.789. The maximum absolute atomic E-state index is 13.4. The van der Waals surface area contributed by atoms with Crippen LogP contribution in [0.4, 0.5) is 0 Å². The maximum atomic E-state index is 13.4. The van der Waals surface area contributed by atoms with Gasteiger partial charge >= 0.3 is 5.97 Å². The Bertz CT molecular complexity index is 1040. The van der Waals surface area contributed by atoms with Gasteiger partial charge in [-0.25, -0.2) is 4.79 Å². The molecule has 2 atom stereocenters. The van der Waals surface area contributed by atoms with Crippen LogP contribution in [0.25, 0.3) is 0 Å². The number of esters is 1. The third-order valence-corrected chi connectivity index (χ3v) is 5.93. The van der Waals surface area contributed by atoms with Crippen LogP contribution in [-0.4, -0.2) is 23.3 Å². The Kier molecular flexibility index (Phi) is 5.73. The molecular formula is C24H23ClN2O3. The Morgan fingerprint density at radius 2 is 1.97 bits per heavy atom. The van der Waals surface area contributed by atoms with E-state index in [1.165, 1.54) is 0 Å². The molecule has 1 aromatic carbocycles. The molecule has 0 spiro atoms. The Hall–Kier alpha value is -2.92. The number of nitrogens with zero attached hydrogens (tertiary/aromatic N) is 1. The molecule has 2 heterocycles. The van der Waals surface area contributed by atoms with E-state index in [4.69, 9.17) is 16.3 Å². The number of rotatable bonds is 4. The third kappa shape index (κ3) is 3.77. The highest BCUT2D eigenvalue weighted by molar-refractivity contribution is 6.30. The van der Waals surface area contributed by atoms with Crippen molar-refractivity contribution in [3.8, 4) is 0 Å². The zero-order valence-corrected chi connectivity index (χ0v) is 17.7. The first kappa shape index (κ1) is 20.4.